The molecule has 1 aliphatic heterocycles. The molecule has 0 aliphatic carbocycles. The topological polar surface area (TPSA) is 41.1 Å². The summed E-state index contributed by atoms with van der Waals surface area (Å²) in [6, 6.07) is 14.7. The van der Waals surface area contributed by atoms with Crippen LogP contribution in [0.5, 0.6) is 0 Å². The molecule has 0 bridgehead atoms. The van der Waals surface area contributed by atoms with Gasteiger partial charge in [-0.05, 0) is 70.0 Å². The maximum absolute atomic E-state index is 13.6. The Kier molecular flexibility index (Phi) is 4.66. The normalized spacial score (nSPS) is 13.3. The van der Waals surface area contributed by atoms with E-state index >= 15 is 0 Å². The number of hydrogen-bond donors (Lipinski definition) is 1. The first kappa shape index (κ1) is 18.4. The summed E-state index contributed by atoms with van der Waals surface area (Å²) >= 11 is 5.29. The SMILES string of the molecule is CN1Cc2c(nc(-c3ccc(F)cc3)c(-c3ccncc3)c2-c2ccc(Br)s2)N1. The number of nitrogens with one attached hydrogen (secondary N) is 1. The quantitative estimate of drug-likeness (QED) is 0.389. The van der Waals surface area contributed by atoms with Crippen LogP contribution in [0.25, 0.3) is 32.8 Å². The van der Waals surface area contributed by atoms with E-state index in [0.717, 1.165) is 54.5 Å². The van der Waals surface area contributed by atoms with Crippen molar-refractivity contribution in [3.8, 4) is 32.8 Å². The second-order valence-corrected chi connectivity index (χ2v) is 9.31. The first-order chi connectivity index (χ1) is 14.1. The van der Waals surface area contributed by atoms with Crippen molar-refractivity contribution >= 4 is 33.1 Å². The first-order valence-electron chi connectivity index (χ1n) is 9.07. The second-order valence-electron chi connectivity index (χ2n) is 6.85. The highest BCUT2D eigenvalue weighted by Crippen LogP contribution is 2.47. The van der Waals surface area contributed by atoms with Gasteiger partial charge in [-0.25, -0.2) is 14.4 Å². The Hall–Kier alpha value is -2.61. The number of hydrogen-bond acceptors (Lipinski definition) is 5. The average Bonchev–Trinajstić information content (AvgIpc) is 3.32. The standard InChI is InChI=1S/C22H16BrFN4S/c1-28-12-16-20(17-6-7-18(23)29-17)19(13-8-10-25-11-9-13)21(26-22(16)27-28)14-2-4-15(24)5-3-14/h2-11H,12H2,1H3,(H,26,27). The summed E-state index contributed by atoms with van der Waals surface area (Å²) in [6.07, 6.45) is 3.57. The van der Waals surface area contributed by atoms with Crippen LogP contribution in [0.15, 0.2) is 64.7 Å². The summed E-state index contributed by atoms with van der Waals surface area (Å²) in [5.41, 5.74) is 9.39. The van der Waals surface area contributed by atoms with Crippen molar-refractivity contribution in [3.05, 3.63) is 76.1 Å². The molecule has 0 spiro atoms. The molecule has 4 nitrogen and oxygen atoms in total. The number of pyridine rings is 2. The van der Waals surface area contributed by atoms with Gasteiger partial charge in [0, 0.05) is 53.1 Å². The van der Waals surface area contributed by atoms with Gasteiger partial charge in [-0.15, -0.1) is 11.3 Å². The van der Waals surface area contributed by atoms with Gasteiger partial charge >= 0.3 is 0 Å². The minimum Gasteiger partial charge on any atom is -0.303 e. The fourth-order valence-corrected chi connectivity index (χ4v) is 5.13. The number of thiophene rings is 1. The van der Waals surface area contributed by atoms with Crippen molar-refractivity contribution in [2.45, 2.75) is 6.54 Å². The molecule has 1 N–H and O–H groups in total. The predicted octanol–water partition coefficient (Wildman–Crippen LogP) is 6.21. The van der Waals surface area contributed by atoms with E-state index in [1.807, 2.05) is 24.2 Å². The fourth-order valence-electron chi connectivity index (χ4n) is 3.66. The molecule has 0 unspecified atom stereocenters. The summed E-state index contributed by atoms with van der Waals surface area (Å²) in [5.74, 6) is 0.574. The van der Waals surface area contributed by atoms with E-state index in [-0.39, 0.29) is 5.82 Å². The van der Waals surface area contributed by atoms with Crippen LogP contribution in [0, 0.1) is 5.82 Å². The van der Waals surface area contributed by atoms with Crippen LogP contribution < -0.4 is 5.43 Å². The van der Waals surface area contributed by atoms with Crippen molar-refractivity contribution in [3.63, 3.8) is 0 Å². The summed E-state index contributed by atoms with van der Waals surface area (Å²) in [7, 11) is 2.00. The third-order valence-corrected chi connectivity index (χ3v) is 6.54. The zero-order chi connectivity index (χ0) is 20.0. The van der Waals surface area contributed by atoms with Crippen molar-refractivity contribution in [2.75, 3.05) is 12.5 Å². The molecule has 0 saturated heterocycles. The second kappa shape index (κ2) is 7.33. The maximum Gasteiger partial charge on any atom is 0.146 e. The molecule has 0 saturated carbocycles. The lowest BCUT2D eigenvalue weighted by molar-refractivity contribution is 0.422. The van der Waals surface area contributed by atoms with Gasteiger partial charge in [0.15, 0.2) is 0 Å². The molecule has 1 aromatic carbocycles. The molecular formula is C22H16BrFN4S. The molecule has 1 aliphatic rings. The molecule has 5 rings (SSSR count). The van der Waals surface area contributed by atoms with E-state index < -0.39 is 0 Å². The lowest BCUT2D eigenvalue weighted by Gasteiger charge is -2.17. The zero-order valence-corrected chi connectivity index (χ0v) is 17.9. The molecular weight excluding hydrogens is 451 g/mol. The molecule has 29 heavy (non-hydrogen) atoms. The van der Waals surface area contributed by atoms with E-state index in [0.29, 0.717) is 0 Å². The lowest BCUT2D eigenvalue weighted by Crippen LogP contribution is -2.17. The Morgan fingerprint density at radius 3 is 2.45 bits per heavy atom. The van der Waals surface area contributed by atoms with E-state index in [1.165, 1.54) is 12.1 Å². The Morgan fingerprint density at radius 1 is 1.00 bits per heavy atom. The van der Waals surface area contributed by atoms with E-state index in [1.54, 1.807) is 35.9 Å². The summed E-state index contributed by atoms with van der Waals surface area (Å²) in [6.45, 7) is 0.745. The number of halogens is 2. The number of benzene rings is 1. The van der Waals surface area contributed by atoms with Crippen LogP contribution in [-0.2, 0) is 6.54 Å². The minimum atomic E-state index is -0.263. The van der Waals surface area contributed by atoms with Crippen LogP contribution in [0.1, 0.15) is 5.56 Å². The van der Waals surface area contributed by atoms with Crippen molar-refractivity contribution < 1.29 is 4.39 Å². The summed E-state index contributed by atoms with van der Waals surface area (Å²) in [5, 5.41) is 2.02. The fraction of sp³-hybridized carbons (Fsp3) is 0.0909. The van der Waals surface area contributed by atoms with Gasteiger partial charge in [-0.2, -0.15) is 0 Å². The van der Waals surface area contributed by atoms with Crippen molar-refractivity contribution in [1.29, 1.82) is 0 Å². The van der Waals surface area contributed by atoms with Crippen LogP contribution in [-0.4, -0.2) is 22.0 Å². The van der Waals surface area contributed by atoms with Gasteiger partial charge in [0.1, 0.15) is 11.6 Å². The number of aromatic nitrogens is 2. The predicted molar refractivity (Wildman–Crippen MR) is 119 cm³/mol. The summed E-state index contributed by atoms with van der Waals surface area (Å²) < 4.78 is 14.7. The molecule has 4 aromatic rings. The van der Waals surface area contributed by atoms with Gasteiger partial charge in [-0.1, -0.05) is 0 Å². The largest absolute Gasteiger partial charge is 0.303 e. The first-order valence-corrected chi connectivity index (χ1v) is 10.7. The van der Waals surface area contributed by atoms with E-state index in [9.17, 15) is 4.39 Å². The highest BCUT2D eigenvalue weighted by Gasteiger charge is 2.28. The highest BCUT2D eigenvalue weighted by molar-refractivity contribution is 9.11. The number of nitrogens with zero attached hydrogens (tertiary/aromatic N) is 3. The van der Waals surface area contributed by atoms with Crippen LogP contribution in [0.4, 0.5) is 10.2 Å². The molecule has 144 valence electrons. The number of fused-ring (bicyclic) bond motifs is 1. The average molecular weight is 467 g/mol. The van der Waals surface area contributed by atoms with Gasteiger partial charge in [-0.3, -0.25) is 4.98 Å². The monoisotopic (exact) mass is 466 g/mol. The molecule has 0 radical (unpaired) electrons. The maximum atomic E-state index is 13.6. The molecule has 0 atom stereocenters. The third-order valence-electron chi connectivity index (χ3n) is 4.90. The van der Waals surface area contributed by atoms with Crippen LogP contribution in [0.2, 0.25) is 0 Å². The molecule has 0 amide bonds. The van der Waals surface area contributed by atoms with Gasteiger partial charge in [0.2, 0.25) is 0 Å². The van der Waals surface area contributed by atoms with Crippen molar-refractivity contribution in [2.24, 2.45) is 0 Å². The highest BCUT2D eigenvalue weighted by atomic mass is 79.9. The van der Waals surface area contributed by atoms with Crippen molar-refractivity contribution in [1.82, 2.24) is 15.0 Å². The number of anilines is 1. The lowest BCUT2D eigenvalue weighted by atomic mass is 9.91. The molecule has 0 fully saturated rings. The third kappa shape index (κ3) is 3.35. The summed E-state index contributed by atoms with van der Waals surface area (Å²) in [4.78, 5) is 10.3. The van der Waals surface area contributed by atoms with Crippen LogP contribution in [0.3, 0.4) is 0 Å². The Bertz CT molecular complexity index is 1190. The number of hydrazine groups is 1. The molecule has 7 heteroatoms. The Labute approximate surface area is 180 Å². The van der Waals surface area contributed by atoms with E-state index in [4.69, 9.17) is 4.98 Å². The van der Waals surface area contributed by atoms with E-state index in [2.05, 4.69) is 38.5 Å². The van der Waals surface area contributed by atoms with Gasteiger partial charge < -0.3 is 5.43 Å². The molecule has 3 aromatic heterocycles. The smallest absolute Gasteiger partial charge is 0.146 e. The number of rotatable bonds is 3. The molecule has 4 heterocycles. The van der Waals surface area contributed by atoms with Gasteiger partial charge in [0.05, 0.1) is 9.48 Å². The van der Waals surface area contributed by atoms with Crippen LogP contribution >= 0.6 is 27.3 Å². The Morgan fingerprint density at radius 2 is 1.76 bits per heavy atom. The Balaban J connectivity index is 1.88. The zero-order valence-electron chi connectivity index (χ0n) is 15.5. The van der Waals surface area contributed by atoms with Gasteiger partial charge in [0.25, 0.3) is 0 Å². The minimum absolute atomic E-state index is 0.263.